The molecule has 0 aliphatic carbocycles. The fourth-order valence-electron chi connectivity index (χ4n) is 2.64. The maximum absolute atomic E-state index is 4.25. The fourth-order valence-corrected chi connectivity index (χ4v) is 2.64. The average molecular weight is 453 g/mol. The van der Waals surface area contributed by atoms with Crippen LogP contribution < -0.4 is 10.6 Å². The van der Waals surface area contributed by atoms with Crippen molar-refractivity contribution in [1.82, 2.24) is 30.4 Å². The average Bonchev–Trinajstić information content (AvgIpc) is 3.16. The number of nitrogens with zero attached hydrogens (tertiary/aromatic N) is 4. The minimum absolute atomic E-state index is 0. The van der Waals surface area contributed by atoms with E-state index in [4.69, 9.17) is 0 Å². The second kappa shape index (κ2) is 8.84. The lowest BCUT2D eigenvalue weighted by atomic mass is 10.1. The molecule has 0 radical (unpaired) electrons. The second-order valence-electron chi connectivity index (χ2n) is 5.68. The minimum Gasteiger partial charge on any atom is -0.361 e. The Bertz CT molecular complexity index is 850. The number of benzene rings is 1. The number of guanidine groups is 1. The number of para-hydroxylation sites is 1. The van der Waals surface area contributed by atoms with Crippen molar-refractivity contribution in [3.05, 3.63) is 47.7 Å². The molecule has 0 atom stereocenters. The predicted molar refractivity (Wildman–Crippen MR) is 111 cm³/mol. The molecule has 3 rings (SSSR count). The first-order chi connectivity index (χ1) is 11.7. The molecular weight excluding hydrogens is 429 g/mol. The lowest BCUT2D eigenvalue weighted by Crippen LogP contribution is -2.38. The van der Waals surface area contributed by atoms with Gasteiger partial charge in [-0.1, -0.05) is 18.2 Å². The van der Waals surface area contributed by atoms with E-state index in [0.29, 0.717) is 6.54 Å². The molecule has 0 unspecified atom stereocenters. The zero-order valence-corrected chi connectivity index (χ0v) is 17.0. The van der Waals surface area contributed by atoms with Gasteiger partial charge in [0.05, 0.1) is 6.54 Å². The Balaban J connectivity index is 0.00000225. The summed E-state index contributed by atoms with van der Waals surface area (Å²) in [6, 6.07) is 8.34. The van der Waals surface area contributed by atoms with Crippen LogP contribution in [-0.4, -0.2) is 39.3 Å². The maximum Gasteiger partial charge on any atom is 0.191 e. The van der Waals surface area contributed by atoms with Crippen LogP contribution in [0.2, 0.25) is 0 Å². The molecule has 0 spiro atoms. The number of halogens is 1. The van der Waals surface area contributed by atoms with Gasteiger partial charge in [0.15, 0.2) is 11.8 Å². The number of aryl methyl sites for hydroxylation is 1. The summed E-state index contributed by atoms with van der Waals surface area (Å²) in [5.41, 5.74) is 2.48. The van der Waals surface area contributed by atoms with Crippen molar-refractivity contribution >= 4 is 40.8 Å². The Kier molecular flexibility index (Phi) is 6.80. The van der Waals surface area contributed by atoms with E-state index in [1.54, 1.807) is 7.05 Å². The van der Waals surface area contributed by atoms with Gasteiger partial charge in [0.25, 0.3) is 0 Å². The molecule has 0 amide bonds. The third-order valence-corrected chi connectivity index (χ3v) is 4.18. The highest BCUT2D eigenvalue weighted by molar-refractivity contribution is 14.0. The van der Waals surface area contributed by atoms with E-state index in [2.05, 4.69) is 55.2 Å². The van der Waals surface area contributed by atoms with E-state index < -0.39 is 0 Å². The zero-order valence-electron chi connectivity index (χ0n) is 14.7. The lowest BCUT2D eigenvalue weighted by molar-refractivity contribution is 0.716. The van der Waals surface area contributed by atoms with Crippen LogP contribution in [0.15, 0.2) is 35.5 Å². The number of nitrogens with one attached hydrogen (secondary N) is 3. The van der Waals surface area contributed by atoms with Gasteiger partial charge in [0.1, 0.15) is 5.82 Å². The van der Waals surface area contributed by atoms with Crippen LogP contribution in [-0.2, 0) is 20.0 Å². The third kappa shape index (κ3) is 4.50. The fraction of sp³-hybridized carbons (Fsp3) is 0.353. The molecule has 0 saturated carbocycles. The van der Waals surface area contributed by atoms with Gasteiger partial charge >= 0.3 is 0 Å². The SMILES string of the molecule is CN=C(NCCc1c[nH]c2ccccc12)NCc1nnc(C)n1C.I. The molecule has 8 heteroatoms. The van der Waals surface area contributed by atoms with Crippen LogP contribution in [0.3, 0.4) is 0 Å². The second-order valence-corrected chi connectivity index (χ2v) is 5.68. The Morgan fingerprint density at radius 1 is 1.24 bits per heavy atom. The molecule has 2 heterocycles. The molecule has 0 fully saturated rings. The molecule has 0 bridgehead atoms. The number of aromatic nitrogens is 4. The summed E-state index contributed by atoms with van der Waals surface area (Å²) < 4.78 is 1.96. The maximum atomic E-state index is 4.25. The number of fused-ring (bicyclic) bond motifs is 1. The summed E-state index contributed by atoms with van der Waals surface area (Å²) in [5, 5.41) is 16.1. The highest BCUT2D eigenvalue weighted by atomic mass is 127. The highest BCUT2D eigenvalue weighted by Crippen LogP contribution is 2.17. The van der Waals surface area contributed by atoms with E-state index in [1.807, 2.05) is 24.6 Å². The van der Waals surface area contributed by atoms with Gasteiger partial charge in [-0.2, -0.15) is 0 Å². The molecule has 2 aromatic heterocycles. The van der Waals surface area contributed by atoms with Gasteiger partial charge in [0.2, 0.25) is 0 Å². The first kappa shape index (κ1) is 19.2. The largest absolute Gasteiger partial charge is 0.361 e. The number of aliphatic imine (C=N–C) groups is 1. The van der Waals surface area contributed by atoms with Gasteiger partial charge in [0, 0.05) is 37.7 Å². The molecule has 0 aliphatic heterocycles. The highest BCUT2D eigenvalue weighted by Gasteiger charge is 2.06. The smallest absolute Gasteiger partial charge is 0.191 e. The van der Waals surface area contributed by atoms with E-state index >= 15 is 0 Å². The summed E-state index contributed by atoms with van der Waals surface area (Å²) in [6.07, 6.45) is 3.00. The Labute approximate surface area is 164 Å². The molecule has 134 valence electrons. The van der Waals surface area contributed by atoms with E-state index in [0.717, 1.165) is 30.6 Å². The topological polar surface area (TPSA) is 82.9 Å². The van der Waals surface area contributed by atoms with Crippen LogP contribution in [0.25, 0.3) is 10.9 Å². The van der Waals surface area contributed by atoms with Crippen molar-refractivity contribution in [2.75, 3.05) is 13.6 Å². The normalized spacial score (nSPS) is 11.4. The number of H-pyrrole nitrogens is 1. The van der Waals surface area contributed by atoms with Crippen molar-refractivity contribution in [1.29, 1.82) is 0 Å². The molecule has 3 N–H and O–H groups in total. The Morgan fingerprint density at radius 3 is 2.76 bits per heavy atom. The van der Waals surface area contributed by atoms with Crippen molar-refractivity contribution in [3.8, 4) is 0 Å². The van der Waals surface area contributed by atoms with Gasteiger partial charge in [-0.05, 0) is 25.0 Å². The van der Waals surface area contributed by atoms with Crippen LogP contribution in [0.5, 0.6) is 0 Å². The van der Waals surface area contributed by atoms with Crippen LogP contribution >= 0.6 is 24.0 Å². The molecule has 1 aromatic carbocycles. The molecule has 0 saturated heterocycles. The minimum atomic E-state index is 0. The van der Waals surface area contributed by atoms with Crippen molar-refractivity contribution in [3.63, 3.8) is 0 Å². The molecule has 3 aromatic rings. The molecular formula is C17H24IN7. The summed E-state index contributed by atoms with van der Waals surface area (Å²) in [4.78, 5) is 7.55. The van der Waals surface area contributed by atoms with Crippen molar-refractivity contribution in [2.45, 2.75) is 19.9 Å². The van der Waals surface area contributed by atoms with Gasteiger partial charge in [-0.3, -0.25) is 4.99 Å². The number of hydrogen-bond acceptors (Lipinski definition) is 3. The van der Waals surface area contributed by atoms with Crippen molar-refractivity contribution in [2.24, 2.45) is 12.0 Å². The monoisotopic (exact) mass is 453 g/mol. The number of rotatable bonds is 5. The molecule has 0 aliphatic rings. The number of hydrogen-bond donors (Lipinski definition) is 3. The van der Waals surface area contributed by atoms with E-state index in [-0.39, 0.29) is 24.0 Å². The first-order valence-corrected chi connectivity index (χ1v) is 8.03. The third-order valence-electron chi connectivity index (χ3n) is 4.18. The summed E-state index contributed by atoms with van der Waals surface area (Å²) in [6.45, 7) is 3.33. The molecule has 25 heavy (non-hydrogen) atoms. The quantitative estimate of drug-likeness (QED) is 0.314. The standard InChI is InChI=1S/C17H23N7.HI/c1-12-22-23-16(24(12)3)11-21-17(18-2)19-9-8-13-10-20-15-7-5-4-6-14(13)15;/h4-7,10,20H,8-9,11H2,1-3H3,(H2,18,19,21);1H. The van der Waals surface area contributed by atoms with Crippen LogP contribution in [0.4, 0.5) is 0 Å². The van der Waals surface area contributed by atoms with Crippen LogP contribution in [0, 0.1) is 6.92 Å². The predicted octanol–water partition coefficient (Wildman–Crippen LogP) is 2.13. The summed E-state index contributed by atoms with van der Waals surface area (Å²) >= 11 is 0. The summed E-state index contributed by atoms with van der Waals surface area (Å²) in [7, 11) is 3.72. The van der Waals surface area contributed by atoms with E-state index in [9.17, 15) is 0 Å². The zero-order chi connectivity index (χ0) is 16.9. The lowest BCUT2D eigenvalue weighted by Gasteiger charge is -2.11. The Hall–Kier alpha value is -2.10. The van der Waals surface area contributed by atoms with Gasteiger partial charge in [-0.15, -0.1) is 34.2 Å². The van der Waals surface area contributed by atoms with Crippen molar-refractivity contribution < 1.29 is 0 Å². The summed E-state index contributed by atoms with van der Waals surface area (Å²) in [5.74, 6) is 2.54. The van der Waals surface area contributed by atoms with E-state index in [1.165, 1.54) is 16.5 Å². The van der Waals surface area contributed by atoms with Gasteiger partial charge < -0.3 is 20.2 Å². The van der Waals surface area contributed by atoms with Gasteiger partial charge in [-0.25, -0.2) is 0 Å². The number of aromatic amines is 1. The molecule has 7 nitrogen and oxygen atoms in total. The van der Waals surface area contributed by atoms with Crippen LogP contribution in [0.1, 0.15) is 17.2 Å². The Morgan fingerprint density at radius 2 is 2.04 bits per heavy atom. The first-order valence-electron chi connectivity index (χ1n) is 8.03.